The third kappa shape index (κ3) is 3.32. The van der Waals surface area contributed by atoms with E-state index in [2.05, 4.69) is 10.4 Å². The first-order chi connectivity index (χ1) is 10.5. The van der Waals surface area contributed by atoms with Gasteiger partial charge in [0.2, 0.25) is 0 Å². The minimum atomic E-state index is -1.10. The number of aromatic nitrogens is 2. The zero-order valence-corrected chi connectivity index (χ0v) is 12.3. The van der Waals surface area contributed by atoms with Crippen LogP contribution in [0.5, 0.6) is 0 Å². The van der Waals surface area contributed by atoms with Crippen LogP contribution in [0, 0.1) is 0 Å². The highest BCUT2D eigenvalue weighted by Gasteiger charge is 2.21. The number of aliphatic carboxylic acids is 1. The van der Waals surface area contributed by atoms with Gasteiger partial charge in [-0.05, 0) is 19.1 Å². The first-order valence-corrected chi connectivity index (χ1v) is 6.69. The number of nitrogens with zero attached hydrogens (tertiary/aromatic N) is 2. The number of hydrogen-bond donors (Lipinski definition) is 2. The van der Waals surface area contributed by atoms with Gasteiger partial charge in [0.15, 0.2) is 0 Å². The van der Waals surface area contributed by atoms with E-state index in [1.54, 1.807) is 4.68 Å². The number of hydrogen-bond acceptors (Lipinski definition) is 4. The van der Waals surface area contributed by atoms with Crippen molar-refractivity contribution in [2.45, 2.75) is 19.6 Å². The molecule has 0 radical (unpaired) electrons. The van der Waals surface area contributed by atoms with Gasteiger partial charge in [-0.15, -0.1) is 0 Å². The highest BCUT2D eigenvalue weighted by atomic mass is 16.5. The van der Waals surface area contributed by atoms with E-state index in [-0.39, 0.29) is 6.61 Å². The Bertz CT molecular complexity index is 667. The lowest BCUT2D eigenvalue weighted by atomic mass is 10.2. The molecule has 2 rings (SSSR count). The molecule has 2 N–H and O–H groups in total. The van der Waals surface area contributed by atoms with Gasteiger partial charge >= 0.3 is 5.97 Å². The third-order valence-electron chi connectivity index (χ3n) is 3.11. The Morgan fingerprint density at radius 3 is 2.64 bits per heavy atom. The smallest absolute Gasteiger partial charge is 0.325 e. The molecule has 1 aromatic heterocycles. The molecule has 0 aliphatic carbocycles. The molecule has 0 aliphatic rings. The van der Waals surface area contributed by atoms with Crippen LogP contribution in [0.4, 0.5) is 0 Å². The number of carboxylic acid groups (broad SMARTS) is 1. The molecule has 0 bridgehead atoms. The maximum absolute atomic E-state index is 12.2. The molecule has 7 nitrogen and oxygen atoms in total. The van der Waals surface area contributed by atoms with E-state index < -0.39 is 17.9 Å². The van der Waals surface area contributed by atoms with Crippen molar-refractivity contribution in [2.75, 3.05) is 7.11 Å². The van der Waals surface area contributed by atoms with Crippen LogP contribution >= 0.6 is 0 Å². The van der Waals surface area contributed by atoms with E-state index in [1.807, 2.05) is 30.3 Å². The van der Waals surface area contributed by atoms with Crippen LogP contribution in [0.2, 0.25) is 0 Å². The van der Waals surface area contributed by atoms with Crippen molar-refractivity contribution in [3.05, 3.63) is 47.8 Å². The highest BCUT2D eigenvalue weighted by Crippen LogP contribution is 2.16. The maximum atomic E-state index is 12.2. The Labute approximate surface area is 127 Å². The van der Waals surface area contributed by atoms with Crippen molar-refractivity contribution in [1.29, 1.82) is 0 Å². The number of carbonyl (C=O) groups excluding carboxylic acids is 1. The molecule has 22 heavy (non-hydrogen) atoms. The average molecular weight is 303 g/mol. The van der Waals surface area contributed by atoms with Crippen LogP contribution in [-0.2, 0) is 16.1 Å². The summed E-state index contributed by atoms with van der Waals surface area (Å²) >= 11 is 0. The summed E-state index contributed by atoms with van der Waals surface area (Å²) in [6.45, 7) is 1.58. The molecule has 116 valence electrons. The molecular weight excluding hydrogens is 286 g/mol. The van der Waals surface area contributed by atoms with Gasteiger partial charge in [0, 0.05) is 7.11 Å². The van der Waals surface area contributed by atoms with Crippen molar-refractivity contribution in [1.82, 2.24) is 15.1 Å². The number of para-hydroxylation sites is 1. The van der Waals surface area contributed by atoms with Crippen LogP contribution < -0.4 is 5.32 Å². The predicted octanol–water partition coefficient (Wildman–Crippen LogP) is 1.22. The van der Waals surface area contributed by atoms with Crippen LogP contribution in [0.25, 0.3) is 5.69 Å². The van der Waals surface area contributed by atoms with Gasteiger partial charge in [-0.2, -0.15) is 5.10 Å². The number of benzene rings is 1. The van der Waals surface area contributed by atoms with E-state index in [0.717, 1.165) is 5.69 Å². The van der Waals surface area contributed by atoms with Gasteiger partial charge in [-0.25, -0.2) is 4.68 Å². The Morgan fingerprint density at radius 2 is 2.05 bits per heavy atom. The summed E-state index contributed by atoms with van der Waals surface area (Å²) in [7, 11) is 1.52. The zero-order valence-electron chi connectivity index (χ0n) is 12.3. The summed E-state index contributed by atoms with van der Waals surface area (Å²) in [5.41, 5.74) is 1.64. The number of methoxy groups -OCH3 is 1. The van der Waals surface area contributed by atoms with Gasteiger partial charge in [0.05, 0.1) is 29.7 Å². The van der Waals surface area contributed by atoms with E-state index in [1.165, 1.54) is 20.2 Å². The first-order valence-electron chi connectivity index (χ1n) is 6.69. The van der Waals surface area contributed by atoms with Crippen molar-refractivity contribution in [3.63, 3.8) is 0 Å². The largest absolute Gasteiger partial charge is 0.480 e. The average Bonchev–Trinajstić information content (AvgIpc) is 2.92. The molecule has 0 unspecified atom stereocenters. The number of rotatable bonds is 6. The Morgan fingerprint density at radius 1 is 1.36 bits per heavy atom. The van der Waals surface area contributed by atoms with Crippen LogP contribution in [-0.4, -0.2) is 39.9 Å². The molecule has 1 atom stereocenters. The second-order valence-electron chi connectivity index (χ2n) is 4.72. The minimum absolute atomic E-state index is 0.180. The van der Waals surface area contributed by atoms with E-state index in [0.29, 0.717) is 11.3 Å². The third-order valence-corrected chi connectivity index (χ3v) is 3.11. The van der Waals surface area contributed by atoms with Gasteiger partial charge in [-0.3, -0.25) is 9.59 Å². The number of nitrogens with one attached hydrogen (secondary N) is 1. The van der Waals surface area contributed by atoms with E-state index in [9.17, 15) is 9.59 Å². The van der Waals surface area contributed by atoms with Gasteiger partial charge in [0.25, 0.3) is 5.91 Å². The monoisotopic (exact) mass is 303 g/mol. The molecule has 1 aromatic carbocycles. The molecule has 0 spiro atoms. The van der Waals surface area contributed by atoms with Crippen LogP contribution in [0.1, 0.15) is 23.0 Å². The molecular formula is C15H17N3O4. The van der Waals surface area contributed by atoms with Gasteiger partial charge < -0.3 is 15.2 Å². The first kappa shape index (κ1) is 15.7. The SMILES string of the molecule is COCc1c(C(=O)N[C@H](C)C(=O)O)cnn1-c1ccccc1. The molecule has 0 fully saturated rings. The van der Waals surface area contributed by atoms with Crippen molar-refractivity contribution in [2.24, 2.45) is 0 Å². The Kier molecular flexibility index (Phi) is 4.90. The number of carboxylic acids is 1. The lowest BCUT2D eigenvalue weighted by molar-refractivity contribution is -0.138. The lowest BCUT2D eigenvalue weighted by Crippen LogP contribution is -2.38. The van der Waals surface area contributed by atoms with Crippen molar-refractivity contribution >= 4 is 11.9 Å². The summed E-state index contributed by atoms with van der Waals surface area (Å²) < 4.78 is 6.74. The lowest BCUT2D eigenvalue weighted by Gasteiger charge is -2.11. The van der Waals surface area contributed by atoms with Gasteiger partial charge in [0.1, 0.15) is 6.04 Å². The summed E-state index contributed by atoms with van der Waals surface area (Å²) in [4.78, 5) is 23.1. The number of carbonyl (C=O) groups is 2. The van der Waals surface area contributed by atoms with E-state index >= 15 is 0 Å². The number of ether oxygens (including phenoxy) is 1. The van der Waals surface area contributed by atoms with Crippen LogP contribution in [0.3, 0.4) is 0 Å². The topological polar surface area (TPSA) is 93.4 Å². The fourth-order valence-electron chi connectivity index (χ4n) is 1.97. The standard InChI is InChI=1S/C15H17N3O4/c1-10(15(20)21)17-14(19)12-8-16-18(13(12)9-22-2)11-6-4-3-5-7-11/h3-8,10H,9H2,1-2H3,(H,17,19)(H,20,21)/t10-/m1/s1. The fraction of sp³-hybridized carbons (Fsp3) is 0.267. The summed E-state index contributed by atoms with van der Waals surface area (Å²) in [5.74, 6) is -1.60. The molecule has 0 saturated heterocycles. The molecule has 7 heteroatoms. The zero-order chi connectivity index (χ0) is 16.1. The Hall–Kier alpha value is -2.67. The minimum Gasteiger partial charge on any atom is -0.480 e. The second kappa shape index (κ2) is 6.86. The van der Waals surface area contributed by atoms with Crippen molar-refractivity contribution < 1.29 is 19.4 Å². The highest BCUT2D eigenvalue weighted by molar-refractivity contribution is 5.97. The molecule has 0 saturated carbocycles. The summed E-state index contributed by atoms with van der Waals surface area (Å²) in [5, 5.41) is 15.5. The van der Waals surface area contributed by atoms with Gasteiger partial charge in [-0.1, -0.05) is 18.2 Å². The summed E-state index contributed by atoms with van der Waals surface area (Å²) in [6.07, 6.45) is 1.41. The second-order valence-corrected chi connectivity index (χ2v) is 4.72. The summed E-state index contributed by atoms with van der Waals surface area (Å²) in [6, 6.07) is 8.33. The van der Waals surface area contributed by atoms with Crippen LogP contribution in [0.15, 0.2) is 36.5 Å². The normalized spacial score (nSPS) is 11.9. The molecule has 2 aromatic rings. The molecule has 1 heterocycles. The maximum Gasteiger partial charge on any atom is 0.325 e. The fourth-order valence-corrected chi connectivity index (χ4v) is 1.97. The van der Waals surface area contributed by atoms with Crippen molar-refractivity contribution in [3.8, 4) is 5.69 Å². The Balaban J connectivity index is 2.35. The molecule has 0 aliphatic heterocycles. The van der Waals surface area contributed by atoms with E-state index in [4.69, 9.17) is 9.84 Å². The number of amides is 1. The molecule has 1 amide bonds. The predicted molar refractivity (Wildman–Crippen MR) is 78.8 cm³/mol. The quantitative estimate of drug-likeness (QED) is 0.837.